The summed E-state index contributed by atoms with van der Waals surface area (Å²) in [5.74, 6) is 0.115. The van der Waals surface area contributed by atoms with E-state index < -0.39 is 0 Å². The van der Waals surface area contributed by atoms with Gasteiger partial charge < -0.3 is 4.74 Å². The molecule has 0 atom stereocenters. The standard InChI is InChI=1S/C10H9NO2/c12-9(10-11-6-7-13-10)8-4-2-1-3-5-8/h1-5H,6-7H2. The van der Waals surface area contributed by atoms with Crippen molar-refractivity contribution in [3.05, 3.63) is 35.9 Å². The molecule has 0 amide bonds. The lowest BCUT2D eigenvalue weighted by Crippen LogP contribution is -2.14. The molecule has 66 valence electrons. The highest BCUT2D eigenvalue weighted by molar-refractivity contribution is 6.43. The third-order valence-electron chi connectivity index (χ3n) is 1.82. The number of Topliss-reactive ketones (excluding diaryl/α,β-unsaturated/α-hetero) is 1. The normalized spacial score (nSPS) is 14.9. The number of aliphatic imine (C=N–C) groups is 1. The topological polar surface area (TPSA) is 38.7 Å². The van der Waals surface area contributed by atoms with Gasteiger partial charge in [0.2, 0.25) is 5.78 Å². The van der Waals surface area contributed by atoms with E-state index in [0.29, 0.717) is 18.7 Å². The summed E-state index contributed by atoms with van der Waals surface area (Å²) in [7, 11) is 0. The van der Waals surface area contributed by atoms with Crippen LogP contribution in [0.2, 0.25) is 0 Å². The lowest BCUT2D eigenvalue weighted by atomic mass is 10.1. The monoisotopic (exact) mass is 175 g/mol. The van der Waals surface area contributed by atoms with Crippen molar-refractivity contribution in [3.8, 4) is 0 Å². The first kappa shape index (κ1) is 7.98. The van der Waals surface area contributed by atoms with Gasteiger partial charge in [-0.25, -0.2) is 4.99 Å². The molecule has 13 heavy (non-hydrogen) atoms. The molecule has 3 heteroatoms. The molecule has 1 aliphatic rings. The van der Waals surface area contributed by atoms with Gasteiger partial charge in [-0.05, 0) is 0 Å². The number of nitrogens with zero attached hydrogens (tertiary/aromatic N) is 1. The SMILES string of the molecule is O=C(C1=NCCO1)c1ccccc1. The molecule has 1 aromatic rings. The van der Waals surface area contributed by atoms with Crippen LogP contribution in [-0.2, 0) is 4.74 Å². The van der Waals surface area contributed by atoms with Gasteiger partial charge in [-0.15, -0.1) is 0 Å². The maximum atomic E-state index is 11.6. The maximum Gasteiger partial charge on any atom is 0.258 e. The zero-order chi connectivity index (χ0) is 9.10. The first-order valence-electron chi connectivity index (χ1n) is 4.15. The molecule has 1 aromatic carbocycles. The molecule has 0 N–H and O–H groups in total. The van der Waals surface area contributed by atoms with Gasteiger partial charge in [-0.3, -0.25) is 4.79 Å². The number of carbonyl (C=O) groups excluding carboxylic acids is 1. The van der Waals surface area contributed by atoms with Gasteiger partial charge in [-0.1, -0.05) is 30.3 Å². The molecule has 0 radical (unpaired) electrons. The van der Waals surface area contributed by atoms with Gasteiger partial charge in [0.1, 0.15) is 6.61 Å². The van der Waals surface area contributed by atoms with E-state index in [9.17, 15) is 4.79 Å². The van der Waals surface area contributed by atoms with E-state index in [1.165, 1.54) is 0 Å². The van der Waals surface area contributed by atoms with Crippen molar-refractivity contribution >= 4 is 11.7 Å². The van der Waals surface area contributed by atoms with Crippen LogP contribution in [0, 0.1) is 0 Å². The summed E-state index contributed by atoms with van der Waals surface area (Å²) in [5, 5.41) is 0. The Morgan fingerprint density at radius 2 is 2.08 bits per heavy atom. The molecule has 3 nitrogen and oxygen atoms in total. The molecular weight excluding hydrogens is 166 g/mol. The molecule has 0 spiro atoms. The highest BCUT2D eigenvalue weighted by Crippen LogP contribution is 2.05. The van der Waals surface area contributed by atoms with Gasteiger partial charge in [-0.2, -0.15) is 0 Å². The fourth-order valence-electron chi connectivity index (χ4n) is 1.19. The molecule has 0 aliphatic carbocycles. The zero-order valence-electron chi connectivity index (χ0n) is 7.06. The molecule has 1 heterocycles. The summed E-state index contributed by atoms with van der Waals surface area (Å²) in [5.41, 5.74) is 0.628. The van der Waals surface area contributed by atoms with Crippen LogP contribution in [0.15, 0.2) is 35.3 Å². The molecule has 0 saturated heterocycles. The van der Waals surface area contributed by atoms with Gasteiger partial charge >= 0.3 is 0 Å². The highest BCUT2D eigenvalue weighted by Gasteiger charge is 2.18. The van der Waals surface area contributed by atoms with E-state index in [0.717, 1.165) is 0 Å². The Morgan fingerprint density at radius 3 is 2.69 bits per heavy atom. The van der Waals surface area contributed by atoms with Crippen molar-refractivity contribution < 1.29 is 9.53 Å². The van der Waals surface area contributed by atoms with E-state index in [1.54, 1.807) is 12.1 Å². The number of carbonyl (C=O) groups is 1. The maximum absolute atomic E-state index is 11.6. The van der Waals surface area contributed by atoms with Crippen LogP contribution >= 0.6 is 0 Å². The van der Waals surface area contributed by atoms with Gasteiger partial charge in [0.15, 0.2) is 0 Å². The molecule has 1 aliphatic heterocycles. The van der Waals surface area contributed by atoms with E-state index in [4.69, 9.17) is 4.74 Å². The van der Waals surface area contributed by atoms with Crippen molar-refractivity contribution in [1.82, 2.24) is 0 Å². The summed E-state index contributed by atoms with van der Waals surface area (Å²) < 4.78 is 5.07. The first-order chi connectivity index (χ1) is 6.38. The van der Waals surface area contributed by atoms with Gasteiger partial charge in [0.05, 0.1) is 6.54 Å². The summed E-state index contributed by atoms with van der Waals surface area (Å²) in [6.45, 7) is 1.11. The molecule has 0 fully saturated rings. The predicted molar refractivity (Wildman–Crippen MR) is 49.0 cm³/mol. The minimum absolute atomic E-state index is 0.127. The minimum atomic E-state index is -0.127. The van der Waals surface area contributed by atoms with Crippen LogP contribution in [0.5, 0.6) is 0 Å². The number of hydrogen-bond donors (Lipinski definition) is 0. The first-order valence-corrected chi connectivity index (χ1v) is 4.15. The molecule has 0 aromatic heterocycles. The number of ether oxygens (including phenoxy) is 1. The quantitative estimate of drug-likeness (QED) is 0.635. The largest absolute Gasteiger partial charge is 0.473 e. The van der Waals surface area contributed by atoms with E-state index in [1.807, 2.05) is 18.2 Å². The van der Waals surface area contributed by atoms with Gasteiger partial charge in [0, 0.05) is 5.56 Å². The fraction of sp³-hybridized carbons (Fsp3) is 0.200. The number of ketones is 1. The average molecular weight is 175 g/mol. The Hall–Kier alpha value is -1.64. The van der Waals surface area contributed by atoms with Crippen LogP contribution in [0.1, 0.15) is 10.4 Å². The predicted octanol–water partition coefficient (Wildman–Crippen LogP) is 1.30. The Balaban J connectivity index is 2.23. The summed E-state index contributed by atoms with van der Waals surface area (Å²) >= 11 is 0. The number of benzene rings is 1. The molecule has 0 bridgehead atoms. The van der Waals surface area contributed by atoms with Crippen molar-refractivity contribution in [3.63, 3.8) is 0 Å². The lowest BCUT2D eigenvalue weighted by Gasteiger charge is -1.99. The number of rotatable bonds is 2. The Labute approximate surface area is 76.1 Å². The smallest absolute Gasteiger partial charge is 0.258 e. The highest BCUT2D eigenvalue weighted by atomic mass is 16.5. The number of hydrogen-bond acceptors (Lipinski definition) is 3. The lowest BCUT2D eigenvalue weighted by molar-refractivity contribution is 0.103. The molecule has 2 rings (SSSR count). The summed E-state index contributed by atoms with van der Waals surface area (Å²) in [6.07, 6.45) is 0. The van der Waals surface area contributed by atoms with Crippen molar-refractivity contribution in [2.45, 2.75) is 0 Å². The van der Waals surface area contributed by atoms with E-state index in [2.05, 4.69) is 4.99 Å². The second-order valence-corrected chi connectivity index (χ2v) is 2.73. The second kappa shape index (κ2) is 3.39. The Morgan fingerprint density at radius 1 is 1.31 bits per heavy atom. The van der Waals surface area contributed by atoms with E-state index >= 15 is 0 Å². The van der Waals surface area contributed by atoms with Crippen molar-refractivity contribution in [1.29, 1.82) is 0 Å². The van der Waals surface area contributed by atoms with Gasteiger partial charge in [0.25, 0.3) is 5.90 Å². The molecule has 0 unspecified atom stereocenters. The van der Waals surface area contributed by atoms with Crippen molar-refractivity contribution in [2.75, 3.05) is 13.2 Å². The minimum Gasteiger partial charge on any atom is -0.473 e. The summed E-state index contributed by atoms with van der Waals surface area (Å²) in [4.78, 5) is 15.5. The third-order valence-corrected chi connectivity index (χ3v) is 1.82. The van der Waals surface area contributed by atoms with E-state index in [-0.39, 0.29) is 11.7 Å². The Kier molecular flexibility index (Phi) is 2.08. The van der Waals surface area contributed by atoms with Crippen LogP contribution < -0.4 is 0 Å². The average Bonchev–Trinajstić information content (AvgIpc) is 2.71. The van der Waals surface area contributed by atoms with Crippen LogP contribution in [0.25, 0.3) is 0 Å². The molecular formula is C10H9NO2. The summed E-state index contributed by atoms with van der Waals surface area (Å²) in [6, 6.07) is 9.03. The van der Waals surface area contributed by atoms with Crippen LogP contribution in [-0.4, -0.2) is 24.8 Å². The van der Waals surface area contributed by atoms with Crippen molar-refractivity contribution in [2.24, 2.45) is 4.99 Å². The molecule has 0 saturated carbocycles. The van der Waals surface area contributed by atoms with Crippen LogP contribution in [0.3, 0.4) is 0 Å². The zero-order valence-corrected chi connectivity index (χ0v) is 7.06. The van der Waals surface area contributed by atoms with Crippen LogP contribution in [0.4, 0.5) is 0 Å². The fourth-order valence-corrected chi connectivity index (χ4v) is 1.19. The third kappa shape index (κ3) is 1.59. The Bertz CT molecular complexity index is 343. The second-order valence-electron chi connectivity index (χ2n) is 2.73.